The molecule has 1 aromatic carbocycles. The van der Waals surface area contributed by atoms with Crippen LogP contribution in [0, 0.1) is 22.7 Å². The Balaban J connectivity index is 2.25. The number of nitrogens with zero attached hydrogens (tertiary/aromatic N) is 2. The van der Waals surface area contributed by atoms with Crippen molar-refractivity contribution in [2.45, 2.75) is 0 Å². The van der Waals surface area contributed by atoms with Crippen molar-refractivity contribution in [3.05, 3.63) is 46.8 Å². The first kappa shape index (κ1) is 10.6. The molecule has 18 heavy (non-hydrogen) atoms. The Morgan fingerprint density at radius 1 is 1.06 bits per heavy atom. The second kappa shape index (κ2) is 4.03. The minimum absolute atomic E-state index is 0.407. The van der Waals surface area contributed by atoms with Crippen LogP contribution in [-0.4, -0.2) is 4.98 Å². The molecule has 0 atom stereocenters. The van der Waals surface area contributed by atoms with Crippen LogP contribution in [0.2, 0.25) is 0 Å². The van der Waals surface area contributed by atoms with Crippen LogP contribution in [0.1, 0.15) is 11.1 Å². The van der Waals surface area contributed by atoms with Gasteiger partial charge in [0.05, 0.1) is 21.7 Å². The van der Waals surface area contributed by atoms with Gasteiger partial charge in [0.15, 0.2) is 0 Å². The van der Waals surface area contributed by atoms with Gasteiger partial charge in [0.2, 0.25) is 0 Å². The zero-order valence-electron chi connectivity index (χ0n) is 9.27. The van der Waals surface area contributed by atoms with Crippen molar-refractivity contribution in [1.82, 2.24) is 4.98 Å². The average Bonchev–Trinajstić information content (AvgIpc) is 3.04. The van der Waals surface area contributed by atoms with E-state index in [0.29, 0.717) is 11.1 Å². The largest absolute Gasteiger partial charge is 0.354 e. The maximum atomic E-state index is 8.99. The van der Waals surface area contributed by atoms with Gasteiger partial charge in [-0.3, -0.25) is 0 Å². The molecule has 0 aliphatic rings. The molecule has 0 saturated heterocycles. The Bertz CT molecular complexity index is 747. The molecule has 3 aromatic rings. The second-order valence-corrected chi connectivity index (χ2v) is 4.82. The van der Waals surface area contributed by atoms with Gasteiger partial charge in [-0.2, -0.15) is 10.5 Å². The van der Waals surface area contributed by atoms with E-state index in [1.165, 1.54) is 0 Å². The molecule has 1 N–H and O–H groups in total. The summed E-state index contributed by atoms with van der Waals surface area (Å²) in [4.78, 5) is 4.42. The molecule has 2 aromatic heterocycles. The summed E-state index contributed by atoms with van der Waals surface area (Å²) in [6, 6.07) is 13.6. The van der Waals surface area contributed by atoms with Crippen LogP contribution in [0.25, 0.3) is 21.5 Å². The third kappa shape index (κ3) is 1.57. The predicted molar refractivity (Wildman–Crippen MR) is 71.0 cm³/mol. The summed E-state index contributed by atoms with van der Waals surface area (Å²) in [5.41, 5.74) is 2.72. The first-order valence-electron chi connectivity index (χ1n) is 5.32. The van der Waals surface area contributed by atoms with E-state index < -0.39 is 0 Å². The summed E-state index contributed by atoms with van der Waals surface area (Å²) in [5.74, 6) is 0. The van der Waals surface area contributed by atoms with Crippen molar-refractivity contribution < 1.29 is 0 Å². The van der Waals surface area contributed by atoms with Crippen molar-refractivity contribution in [3.63, 3.8) is 0 Å². The van der Waals surface area contributed by atoms with E-state index in [2.05, 4.69) is 4.98 Å². The fourth-order valence-corrected chi connectivity index (χ4v) is 2.63. The van der Waals surface area contributed by atoms with Gasteiger partial charge in [0, 0.05) is 10.9 Å². The van der Waals surface area contributed by atoms with Gasteiger partial charge < -0.3 is 4.98 Å². The predicted octanol–water partition coefficient (Wildman–Crippen LogP) is 3.64. The van der Waals surface area contributed by atoms with Gasteiger partial charge >= 0.3 is 0 Å². The summed E-state index contributed by atoms with van der Waals surface area (Å²) in [5, 5.41) is 20.9. The zero-order valence-corrected chi connectivity index (χ0v) is 10.1. The molecule has 0 fully saturated rings. The zero-order chi connectivity index (χ0) is 12.5. The van der Waals surface area contributed by atoms with Crippen molar-refractivity contribution >= 4 is 22.2 Å². The number of H-pyrrole nitrogens is 1. The van der Waals surface area contributed by atoms with E-state index in [-0.39, 0.29) is 0 Å². The van der Waals surface area contributed by atoms with E-state index in [4.69, 9.17) is 10.5 Å². The molecule has 4 heteroatoms. The maximum absolute atomic E-state index is 8.99. The Kier molecular flexibility index (Phi) is 2.37. The van der Waals surface area contributed by atoms with E-state index >= 15 is 0 Å². The van der Waals surface area contributed by atoms with E-state index in [1.807, 2.05) is 35.7 Å². The molecule has 2 heterocycles. The summed E-state index contributed by atoms with van der Waals surface area (Å²) in [7, 11) is 0. The third-order valence-electron chi connectivity index (χ3n) is 2.79. The molecule has 0 saturated carbocycles. The van der Waals surface area contributed by atoms with Gasteiger partial charge in [0.25, 0.3) is 0 Å². The highest BCUT2D eigenvalue weighted by Crippen LogP contribution is 2.28. The Morgan fingerprint density at radius 3 is 2.50 bits per heavy atom. The highest BCUT2D eigenvalue weighted by atomic mass is 32.1. The number of aromatic nitrogens is 1. The molecule has 0 bridgehead atoms. The topological polar surface area (TPSA) is 63.4 Å². The van der Waals surface area contributed by atoms with Gasteiger partial charge in [-0.15, -0.1) is 11.3 Å². The van der Waals surface area contributed by atoms with Gasteiger partial charge in [-0.25, -0.2) is 0 Å². The van der Waals surface area contributed by atoms with Crippen molar-refractivity contribution in [2.75, 3.05) is 0 Å². The number of nitriles is 2. The molecule has 3 nitrogen and oxygen atoms in total. The van der Waals surface area contributed by atoms with Crippen LogP contribution in [0.5, 0.6) is 0 Å². The van der Waals surface area contributed by atoms with Crippen LogP contribution < -0.4 is 0 Å². The molecule has 0 spiro atoms. The number of rotatable bonds is 1. The highest BCUT2D eigenvalue weighted by molar-refractivity contribution is 7.13. The molecule has 0 aliphatic heterocycles. The van der Waals surface area contributed by atoms with Crippen molar-refractivity contribution in [2.24, 2.45) is 0 Å². The smallest absolute Gasteiger partial charge is 0.101 e. The molecular weight excluding hydrogens is 242 g/mol. The summed E-state index contributed by atoms with van der Waals surface area (Å²) in [6.45, 7) is 0. The fourth-order valence-electron chi connectivity index (χ4n) is 1.93. The quantitative estimate of drug-likeness (QED) is 0.715. The highest BCUT2D eigenvalue weighted by Gasteiger charge is 2.08. The Morgan fingerprint density at radius 2 is 1.83 bits per heavy atom. The number of hydrogen-bond acceptors (Lipinski definition) is 3. The number of nitrogens with one attached hydrogen (secondary N) is 1. The number of fused-ring (bicyclic) bond motifs is 1. The SMILES string of the molecule is N#Cc1cc2cc(-c3cccs3)[nH]c2cc1C#N. The number of aromatic amines is 1. The average molecular weight is 249 g/mol. The van der Waals surface area contributed by atoms with Crippen LogP contribution in [0.15, 0.2) is 35.7 Å². The van der Waals surface area contributed by atoms with Gasteiger partial charge in [-0.05, 0) is 29.6 Å². The van der Waals surface area contributed by atoms with Crippen LogP contribution >= 0.6 is 11.3 Å². The molecule has 3 rings (SSSR count). The van der Waals surface area contributed by atoms with Crippen LogP contribution in [-0.2, 0) is 0 Å². The Hall–Kier alpha value is -2.56. The lowest BCUT2D eigenvalue weighted by Crippen LogP contribution is -1.82. The molecule has 0 amide bonds. The molecular formula is C14H7N3S. The maximum Gasteiger partial charge on any atom is 0.101 e. The minimum Gasteiger partial charge on any atom is -0.354 e. The lowest BCUT2D eigenvalue weighted by Gasteiger charge is -1.94. The number of hydrogen-bond donors (Lipinski definition) is 1. The first-order valence-corrected chi connectivity index (χ1v) is 6.20. The van der Waals surface area contributed by atoms with E-state index in [1.54, 1.807) is 23.5 Å². The monoisotopic (exact) mass is 249 g/mol. The third-order valence-corrected chi connectivity index (χ3v) is 3.69. The normalized spacial score (nSPS) is 10.1. The number of benzene rings is 1. The number of thiophene rings is 1. The lowest BCUT2D eigenvalue weighted by molar-refractivity contribution is 1.43. The molecule has 0 aliphatic carbocycles. The van der Waals surface area contributed by atoms with E-state index in [0.717, 1.165) is 21.5 Å². The summed E-state index contributed by atoms with van der Waals surface area (Å²) < 4.78 is 0. The first-order chi connectivity index (χ1) is 8.81. The summed E-state index contributed by atoms with van der Waals surface area (Å²) in [6.07, 6.45) is 0. The standard InChI is InChI=1S/C14H7N3S/c15-7-10-4-9-5-13(14-2-1-3-18-14)17-12(9)6-11(10)8-16/h1-6,17H. The molecule has 0 radical (unpaired) electrons. The molecule has 0 unspecified atom stereocenters. The van der Waals surface area contributed by atoms with Gasteiger partial charge in [-0.1, -0.05) is 6.07 Å². The fraction of sp³-hybridized carbons (Fsp3) is 0. The van der Waals surface area contributed by atoms with Crippen molar-refractivity contribution in [1.29, 1.82) is 10.5 Å². The van der Waals surface area contributed by atoms with Crippen molar-refractivity contribution in [3.8, 4) is 22.7 Å². The molecule has 84 valence electrons. The van der Waals surface area contributed by atoms with Crippen LogP contribution in [0.3, 0.4) is 0 Å². The van der Waals surface area contributed by atoms with Crippen LogP contribution in [0.4, 0.5) is 0 Å². The van der Waals surface area contributed by atoms with E-state index in [9.17, 15) is 0 Å². The van der Waals surface area contributed by atoms with Gasteiger partial charge in [0.1, 0.15) is 12.1 Å². The lowest BCUT2D eigenvalue weighted by atomic mass is 10.1. The minimum atomic E-state index is 0.407. The summed E-state index contributed by atoms with van der Waals surface area (Å²) >= 11 is 1.65. The Labute approximate surface area is 108 Å². The second-order valence-electron chi connectivity index (χ2n) is 3.87.